The molecular weight excluding hydrogens is 513 g/mol. The van der Waals surface area contributed by atoms with Gasteiger partial charge in [0.15, 0.2) is 3.95 Å². The van der Waals surface area contributed by atoms with Gasteiger partial charge in [-0.2, -0.15) is 13.2 Å². The SMILES string of the molecule is CC(C)(C)c1ccc(C2c3sc(=S)[nH]c3SC3C(=O)N(c4cccc(C(F)(F)F)c4)C(=O)C32)cc1. The van der Waals surface area contributed by atoms with Crippen molar-refractivity contribution in [3.8, 4) is 0 Å². The number of carbonyl (C=O) groups excluding carboxylic acids is 2. The van der Waals surface area contributed by atoms with Gasteiger partial charge >= 0.3 is 6.18 Å². The van der Waals surface area contributed by atoms with Crippen LogP contribution in [0.25, 0.3) is 0 Å². The van der Waals surface area contributed by atoms with E-state index >= 15 is 0 Å². The predicted octanol–water partition coefficient (Wildman–Crippen LogP) is 6.92. The molecule has 2 aliphatic heterocycles. The molecule has 2 amide bonds. The summed E-state index contributed by atoms with van der Waals surface area (Å²) in [5.41, 5.74) is 0.966. The minimum atomic E-state index is -4.58. The number of carbonyl (C=O) groups is 2. The molecule has 3 aromatic rings. The Balaban J connectivity index is 1.60. The van der Waals surface area contributed by atoms with Crippen LogP contribution in [-0.2, 0) is 21.2 Å². The number of aromatic nitrogens is 1. The summed E-state index contributed by atoms with van der Waals surface area (Å²) >= 11 is 7.95. The molecule has 10 heteroatoms. The van der Waals surface area contributed by atoms with Gasteiger partial charge in [-0.05, 0) is 47.0 Å². The first-order chi connectivity index (χ1) is 16.4. The average Bonchev–Trinajstić information content (AvgIpc) is 3.27. The number of fused-ring (bicyclic) bond motifs is 2. The molecule has 35 heavy (non-hydrogen) atoms. The van der Waals surface area contributed by atoms with Crippen LogP contribution in [0.2, 0.25) is 0 Å². The van der Waals surface area contributed by atoms with E-state index in [2.05, 4.69) is 25.8 Å². The van der Waals surface area contributed by atoms with E-state index in [0.717, 1.165) is 38.1 Å². The van der Waals surface area contributed by atoms with E-state index in [1.54, 1.807) is 0 Å². The fourth-order valence-corrected chi connectivity index (χ4v) is 7.60. The molecule has 2 aliphatic rings. The van der Waals surface area contributed by atoms with Crippen LogP contribution in [0, 0.1) is 9.87 Å². The number of aromatic amines is 1. The van der Waals surface area contributed by atoms with Crippen molar-refractivity contribution in [1.29, 1.82) is 0 Å². The standard InChI is InChI=1S/C25H21F3N2O2S3/c1-24(2,3)13-9-7-12(8-10-13)16-17-19(34-20-18(16)35-23(33)29-20)22(32)30(21(17)31)15-6-4-5-14(11-15)25(26,27)28/h4-11,16-17,19H,1-3H3,(H,29,33). The summed E-state index contributed by atoms with van der Waals surface area (Å²) in [5.74, 6) is -2.20. The van der Waals surface area contributed by atoms with Crippen LogP contribution in [0.3, 0.4) is 0 Å². The van der Waals surface area contributed by atoms with Gasteiger partial charge in [-0.25, -0.2) is 4.90 Å². The van der Waals surface area contributed by atoms with Gasteiger partial charge in [-0.15, -0.1) is 11.3 Å². The highest BCUT2D eigenvalue weighted by Crippen LogP contribution is 2.54. The maximum absolute atomic E-state index is 13.7. The number of hydrogen-bond acceptors (Lipinski definition) is 5. The molecule has 4 nitrogen and oxygen atoms in total. The molecule has 0 spiro atoms. The maximum Gasteiger partial charge on any atom is 0.416 e. The van der Waals surface area contributed by atoms with Crippen LogP contribution in [-0.4, -0.2) is 22.0 Å². The second-order valence-electron chi connectivity index (χ2n) is 9.68. The van der Waals surface area contributed by atoms with Crippen LogP contribution in [0.5, 0.6) is 0 Å². The fraction of sp³-hybridized carbons (Fsp3) is 0.320. The van der Waals surface area contributed by atoms with Crippen molar-refractivity contribution in [2.24, 2.45) is 5.92 Å². The summed E-state index contributed by atoms with van der Waals surface area (Å²) in [5, 5.41) is -0.0322. The molecule has 1 fully saturated rings. The molecule has 1 N–H and O–H groups in total. The lowest BCUT2D eigenvalue weighted by Gasteiger charge is -2.30. The number of amides is 2. The zero-order valence-corrected chi connectivity index (χ0v) is 21.4. The quantitative estimate of drug-likeness (QED) is 0.287. The number of imide groups is 1. The van der Waals surface area contributed by atoms with Gasteiger partial charge in [0.25, 0.3) is 0 Å². The molecule has 2 aromatic carbocycles. The normalized spacial score (nSPS) is 22.3. The number of thiazole rings is 1. The predicted molar refractivity (Wildman–Crippen MR) is 134 cm³/mol. The lowest BCUT2D eigenvalue weighted by molar-refractivity contribution is -0.137. The average molecular weight is 535 g/mol. The summed E-state index contributed by atoms with van der Waals surface area (Å²) in [6, 6.07) is 12.3. The summed E-state index contributed by atoms with van der Waals surface area (Å²) in [6.07, 6.45) is -4.58. The molecule has 3 heterocycles. The highest BCUT2D eigenvalue weighted by Gasteiger charge is 2.56. The molecule has 0 radical (unpaired) electrons. The van der Waals surface area contributed by atoms with Crippen LogP contribution < -0.4 is 4.90 Å². The number of nitrogens with zero attached hydrogens (tertiary/aromatic N) is 1. The van der Waals surface area contributed by atoms with Crippen LogP contribution in [0.4, 0.5) is 18.9 Å². The number of benzene rings is 2. The molecule has 0 bridgehead atoms. The minimum absolute atomic E-state index is 0.0570. The molecule has 1 aromatic heterocycles. The summed E-state index contributed by atoms with van der Waals surface area (Å²) in [7, 11) is 0. The number of halogens is 3. The van der Waals surface area contributed by atoms with Crippen molar-refractivity contribution in [3.05, 3.63) is 74.1 Å². The van der Waals surface area contributed by atoms with E-state index in [1.165, 1.54) is 35.2 Å². The van der Waals surface area contributed by atoms with Gasteiger partial charge in [0, 0.05) is 10.8 Å². The van der Waals surface area contributed by atoms with Crippen LogP contribution in [0.1, 0.15) is 48.3 Å². The summed E-state index contributed by atoms with van der Waals surface area (Å²) in [6.45, 7) is 6.33. The van der Waals surface area contributed by atoms with E-state index in [4.69, 9.17) is 12.2 Å². The molecule has 0 aliphatic carbocycles. The molecule has 3 unspecified atom stereocenters. The third kappa shape index (κ3) is 4.15. The Labute approximate surface area is 213 Å². The Kier molecular flexibility index (Phi) is 5.77. The minimum Gasteiger partial charge on any atom is -0.332 e. The second kappa shape index (κ2) is 8.31. The Bertz CT molecular complexity index is 1390. The molecule has 5 rings (SSSR count). The van der Waals surface area contributed by atoms with Gasteiger partial charge < -0.3 is 4.98 Å². The first-order valence-electron chi connectivity index (χ1n) is 10.9. The molecule has 1 saturated heterocycles. The van der Waals surface area contributed by atoms with Crippen molar-refractivity contribution in [3.63, 3.8) is 0 Å². The zero-order chi connectivity index (χ0) is 25.3. The third-order valence-corrected chi connectivity index (χ3v) is 9.14. The number of hydrogen-bond donors (Lipinski definition) is 1. The number of H-pyrrole nitrogens is 1. The summed E-state index contributed by atoms with van der Waals surface area (Å²) in [4.78, 5) is 32.1. The molecule has 0 saturated carbocycles. The van der Waals surface area contributed by atoms with Crippen LogP contribution >= 0.6 is 35.3 Å². The highest BCUT2D eigenvalue weighted by atomic mass is 32.2. The van der Waals surface area contributed by atoms with Gasteiger partial charge in [0.05, 0.1) is 22.2 Å². The van der Waals surface area contributed by atoms with E-state index < -0.39 is 40.6 Å². The number of nitrogens with one attached hydrogen (secondary N) is 1. The second-order valence-corrected chi connectivity index (χ2v) is 12.6. The maximum atomic E-state index is 13.7. The van der Waals surface area contributed by atoms with Crippen molar-refractivity contribution in [2.45, 2.75) is 48.6 Å². The van der Waals surface area contributed by atoms with Gasteiger partial charge in [-0.3, -0.25) is 9.59 Å². The Hall–Kier alpha value is -2.43. The van der Waals surface area contributed by atoms with E-state index in [9.17, 15) is 22.8 Å². The first kappa shape index (κ1) is 24.3. The monoisotopic (exact) mass is 534 g/mol. The molecular formula is C25H21F3N2O2S3. The molecule has 3 atom stereocenters. The highest BCUT2D eigenvalue weighted by molar-refractivity contribution is 8.01. The van der Waals surface area contributed by atoms with Crippen molar-refractivity contribution in [1.82, 2.24) is 4.98 Å². The van der Waals surface area contributed by atoms with Gasteiger partial charge in [-0.1, -0.05) is 62.9 Å². The van der Waals surface area contributed by atoms with Gasteiger partial charge in [0.1, 0.15) is 5.25 Å². The topological polar surface area (TPSA) is 53.2 Å². The largest absolute Gasteiger partial charge is 0.416 e. The molecule has 182 valence electrons. The lowest BCUT2D eigenvalue weighted by atomic mass is 9.81. The number of rotatable bonds is 2. The third-order valence-electron chi connectivity index (χ3n) is 6.39. The van der Waals surface area contributed by atoms with E-state index in [1.807, 2.05) is 24.3 Å². The zero-order valence-electron chi connectivity index (χ0n) is 19.0. The van der Waals surface area contributed by atoms with Crippen molar-refractivity contribution < 1.29 is 22.8 Å². The number of alkyl halides is 3. The smallest absolute Gasteiger partial charge is 0.332 e. The Morgan fingerprint density at radius 3 is 2.29 bits per heavy atom. The first-order valence-corrected chi connectivity index (χ1v) is 13.0. The Morgan fingerprint density at radius 2 is 1.66 bits per heavy atom. The number of anilines is 1. The lowest BCUT2D eigenvalue weighted by Crippen LogP contribution is -2.32. The number of thioether (sulfide) groups is 1. The van der Waals surface area contributed by atoms with Crippen LogP contribution in [0.15, 0.2) is 53.6 Å². The van der Waals surface area contributed by atoms with Gasteiger partial charge in [0.2, 0.25) is 11.8 Å². The van der Waals surface area contributed by atoms with Crippen molar-refractivity contribution in [2.75, 3.05) is 4.90 Å². The Morgan fingerprint density at radius 1 is 0.971 bits per heavy atom. The van der Waals surface area contributed by atoms with E-state index in [-0.39, 0.29) is 11.1 Å². The van der Waals surface area contributed by atoms with E-state index in [0.29, 0.717) is 3.95 Å². The van der Waals surface area contributed by atoms with Crippen molar-refractivity contribution >= 4 is 52.8 Å². The summed E-state index contributed by atoms with van der Waals surface area (Å²) < 4.78 is 40.5. The fourth-order valence-electron chi connectivity index (χ4n) is 4.64.